The van der Waals surface area contributed by atoms with Gasteiger partial charge in [0.1, 0.15) is 10.9 Å². The number of piperazine rings is 1. The molecule has 1 aromatic rings. The van der Waals surface area contributed by atoms with Gasteiger partial charge in [0.15, 0.2) is 0 Å². The number of anilines is 1. The monoisotopic (exact) mass is 314 g/mol. The quantitative estimate of drug-likeness (QED) is 0.446. The Morgan fingerprint density at radius 3 is 2.76 bits per heavy atom. The number of benzene rings is 1. The Balaban J connectivity index is 2.51. The molecule has 2 rings (SSSR count). The van der Waals surface area contributed by atoms with Gasteiger partial charge in [-0.2, -0.15) is 4.31 Å². The molecule has 1 saturated heterocycles. The predicted molar refractivity (Wildman–Crippen MR) is 73.9 cm³/mol. The molecule has 21 heavy (non-hydrogen) atoms. The van der Waals surface area contributed by atoms with Gasteiger partial charge in [-0.25, -0.2) is 8.42 Å². The second-order valence-corrected chi connectivity index (χ2v) is 6.42. The van der Waals surface area contributed by atoms with E-state index in [2.05, 4.69) is 5.32 Å². The minimum Gasteiger partial charge on any atom is -0.398 e. The van der Waals surface area contributed by atoms with Crippen molar-refractivity contribution in [2.75, 3.05) is 18.8 Å². The zero-order valence-electron chi connectivity index (χ0n) is 11.1. The standard InChI is InChI=1S/C11H14N4O5S/c1-7-11(16)13-4-5-14(7)21(19,20)10-6-8(15(17)18)2-3-9(10)12/h2-3,6-7H,4-5,12H2,1H3,(H,13,16). The van der Waals surface area contributed by atoms with Crippen LogP contribution in [0.1, 0.15) is 6.92 Å². The number of rotatable bonds is 3. The van der Waals surface area contributed by atoms with E-state index in [4.69, 9.17) is 5.73 Å². The SMILES string of the molecule is CC1C(=O)NCCN1S(=O)(=O)c1cc([N+](=O)[O-])ccc1N. The van der Waals surface area contributed by atoms with Crippen LogP contribution in [0.15, 0.2) is 23.1 Å². The summed E-state index contributed by atoms with van der Waals surface area (Å²) in [5, 5.41) is 13.3. The van der Waals surface area contributed by atoms with E-state index in [0.29, 0.717) is 0 Å². The fraction of sp³-hybridized carbons (Fsp3) is 0.364. The smallest absolute Gasteiger partial charge is 0.270 e. The van der Waals surface area contributed by atoms with Gasteiger partial charge in [0, 0.05) is 25.2 Å². The molecule has 1 heterocycles. The van der Waals surface area contributed by atoms with Crippen LogP contribution in [0.5, 0.6) is 0 Å². The second kappa shape index (κ2) is 5.30. The molecule has 0 saturated carbocycles. The van der Waals surface area contributed by atoms with Gasteiger partial charge in [-0.05, 0) is 13.0 Å². The molecule has 9 nitrogen and oxygen atoms in total. The molecule has 1 amide bonds. The highest BCUT2D eigenvalue weighted by atomic mass is 32.2. The van der Waals surface area contributed by atoms with Crippen molar-refractivity contribution < 1.29 is 18.1 Å². The van der Waals surface area contributed by atoms with Gasteiger partial charge in [-0.1, -0.05) is 0 Å². The summed E-state index contributed by atoms with van der Waals surface area (Å²) in [6, 6.07) is 2.30. The molecule has 0 aromatic heterocycles. The lowest BCUT2D eigenvalue weighted by molar-refractivity contribution is -0.385. The number of nitrogen functional groups attached to an aromatic ring is 1. The third-order valence-corrected chi connectivity index (χ3v) is 5.26. The maximum absolute atomic E-state index is 12.6. The number of nitro benzene ring substituents is 1. The number of nitrogens with one attached hydrogen (secondary N) is 1. The number of non-ortho nitro benzene ring substituents is 1. The fourth-order valence-electron chi connectivity index (χ4n) is 2.08. The first-order valence-corrected chi connectivity index (χ1v) is 7.52. The summed E-state index contributed by atoms with van der Waals surface area (Å²) in [5.41, 5.74) is 5.16. The van der Waals surface area contributed by atoms with Gasteiger partial charge >= 0.3 is 0 Å². The molecule has 1 unspecified atom stereocenters. The van der Waals surface area contributed by atoms with Crippen LogP contribution in [0.25, 0.3) is 0 Å². The molecule has 3 N–H and O–H groups in total. The van der Waals surface area contributed by atoms with E-state index in [0.717, 1.165) is 16.4 Å². The molecule has 1 fully saturated rings. The molecule has 1 atom stereocenters. The van der Waals surface area contributed by atoms with Crippen molar-refractivity contribution in [1.82, 2.24) is 9.62 Å². The van der Waals surface area contributed by atoms with E-state index in [1.165, 1.54) is 13.0 Å². The van der Waals surface area contributed by atoms with Crippen LogP contribution in [0.2, 0.25) is 0 Å². The van der Waals surface area contributed by atoms with Gasteiger partial charge in [0.25, 0.3) is 5.69 Å². The fourth-order valence-corrected chi connectivity index (χ4v) is 3.81. The zero-order valence-corrected chi connectivity index (χ0v) is 12.0. The summed E-state index contributed by atoms with van der Waals surface area (Å²) in [4.78, 5) is 21.3. The van der Waals surface area contributed by atoms with E-state index >= 15 is 0 Å². The molecular formula is C11H14N4O5S. The van der Waals surface area contributed by atoms with Crippen LogP contribution in [0, 0.1) is 10.1 Å². The normalized spacial score (nSPS) is 20.0. The molecule has 10 heteroatoms. The molecule has 1 aliphatic heterocycles. The first-order valence-electron chi connectivity index (χ1n) is 6.08. The first kappa shape index (κ1) is 15.2. The largest absolute Gasteiger partial charge is 0.398 e. The lowest BCUT2D eigenvalue weighted by Crippen LogP contribution is -2.55. The molecule has 1 aliphatic rings. The number of hydrogen-bond acceptors (Lipinski definition) is 6. The van der Waals surface area contributed by atoms with Gasteiger partial charge < -0.3 is 11.1 Å². The third-order valence-electron chi connectivity index (χ3n) is 3.24. The van der Waals surface area contributed by atoms with Gasteiger partial charge in [-0.15, -0.1) is 0 Å². The Hall–Kier alpha value is -2.20. The number of nitrogens with two attached hydrogens (primary N) is 1. The van der Waals surface area contributed by atoms with Gasteiger partial charge in [-0.3, -0.25) is 14.9 Å². The number of nitrogens with zero attached hydrogens (tertiary/aromatic N) is 2. The van der Waals surface area contributed by atoms with Crippen LogP contribution in [-0.4, -0.2) is 42.7 Å². The lowest BCUT2D eigenvalue weighted by atomic mass is 10.2. The maximum Gasteiger partial charge on any atom is 0.270 e. The van der Waals surface area contributed by atoms with Crippen molar-refractivity contribution in [1.29, 1.82) is 0 Å². The van der Waals surface area contributed by atoms with Crippen molar-refractivity contribution in [2.45, 2.75) is 17.9 Å². The minimum atomic E-state index is -4.09. The number of carbonyl (C=O) groups is 1. The average Bonchev–Trinajstić information content (AvgIpc) is 2.41. The highest BCUT2D eigenvalue weighted by Gasteiger charge is 2.37. The third kappa shape index (κ3) is 2.67. The number of hydrogen-bond donors (Lipinski definition) is 2. The van der Waals surface area contributed by atoms with Crippen molar-refractivity contribution in [3.05, 3.63) is 28.3 Å². The van der Waals surface area contributed by atoms with Crippen LogP contribution < -0.4 is 11.1 Å². The molecular weight excluding hydrogens is 300 g/mol. The minimum absolute atomic E-state index is 0.0807. The molecule has 0 radical (unpaired) electrons. The molecule has 0 spiro atoms. The van der Waals surface area contributed by atoms with E-state index < -0.39 is 26.9 Å². The highest BCUT2D eigenvalue weighted by molar-refractivity contribution is 7.89. The van der Waals surface area contributed by atoms with Gasteiger partial charge in [0.2, 0.25) is 15.9 Å². The maximum atomic E-state index is 12.6. The molecule has 0 bridgehead atoms. The van der Waals surface area contributed by atoms with E-state index in [-0.39, 0.29) is 29.4 Å². The summed E-state index contributed by atoms with van der Waals surface area (Å²) < 4.78 is 26.2. The van der Waals surface area contributed by atoms with Crippen molar-refractivity contribution in [2.24, 2.45) is 0 Å². The van der Waals surface area contributed by atoms with E-state index in [1.54, 1.807) is 0 Å². The predicted octanol–water partition coefficient (Wildman–Crippen LogP) is -0.314. The highest BCUT2D eigenvalue weighted by Crippen LogP contribution is 2.28. The summed E-state index contributed by atoms with van der Waals surface area (Å²) in [6.45, 7) is 1.70. The van der Waals surface area contributed by atoms with Crippen molar-refractivity contribution in [3.63, 3.8) is 0 Å². The Kier molecular flexibility index (Phi) is 3.83. The van der Waals surface area contributed by atoms with E-state index in [1.807, 2.05) is 0 Å². The van der Waals surface area contributed by atoms with Crippen LogP contribution >= 0.6 is 0 Å². The molecule has 1 aromatic carbocycles. The Morgan fingerprint density at radius 1 is 1.48 bits per heavy atom. The summed E-state index contributed by atoms with van der Waals surface area (Å²) >= 11 is 0. The Labute approximate surface area is 120 Å². The van der Waals surface area contributed by atoms with Crippen molar-refractivity contribution in [3.8, 4) is 0 Å². The lowest BCUT2D eigenvalue weighted by Gasteiger charge is -2.31. The average molecular weight is 314 g/mol. The molecule has 114 valence electrons. The summed E-state index contributed by atoms with van der Waals surface area (Å²) in [5.74, 6) is -0.422. The number of nitro groups is 1. The second-order valence-electron chi connectivity index (χ2n) is 4.56. The zero-order chi connectivity index (χ0) is 15.8. The summed E-state index contributed by atoms with van der Waals surface area (Å²) in [7, 11) is -4.09. The topological polar surface area (TPSA) is 136 Å². The molecule has 0 aliphatic carbocycles. The van der Waals surface area contributed by atoms with Crippen LogP contribution in [-0.2, 0) is 14.8 Å². The summed E-state index contributed by atoms with van der Waals surface area (Å²) in [6.07, 6.45) is 0. The number of amides is 1. The van der Waals surface area contributed by atoms with Gasteiger partial charge in [0.05, 0.1) is 10.6 Å². The Bertz CT molecular complexity index is 703. The van der Waals surface area contributed by atoms with E-state index in [9.17, 15) is 23.3 Å². The number of sulfonamides is 1. The Morgan fingerprint density at radius 2 is 2.14 bits per heavy atom. The van der Waals surface area contributed by atoms with Crippen LogP contribution in [0.3, 0.4) is 0 Å². The number of carbonyl (C=O) groups excluding carboxylic acids is 1. The van der Waals surface area contributed by atoms with Crippen LogP contribution in [0.4, 0.5) is 11.4 Å². The first-order chi connectivity index (χ1) is 9.75. The van der Waals surface area contributed by atoms with Crippen molar-refractivity contribution >= 4 is 27.3 Å².